The van der Waals surface area contributed by atoms with Gasteiger partial charge in [0.15, 0.2) is 0 Å². The van der Waals surface area contributed by atoms with E-state index in [1.54, 1.807) is 0 Å². The van der Waals surface area contributed by atoms with Gasteiger partial charge in [0.25, 0.3) is 0 Å². The molecule has 0 aromatic heterocycles. The number of hydrogen-bond acceptors (Lipinski definition) is 3. The summed E-state index contributed by atoms with van der Waals surface area (Å²) in [4.78, 5) is 0. The van der Waals surface area contributed by atoms with Crippen LogP contribution in [0.15, 0.2) is 0 Å². The van der Waals surface area contributed by atoms with Crippen LogP contribution in [0, 0.1) is 0 Å². The van der Waals surface area contributed by atoms with Gasteiger partial charge in [-0.15, -0.1) is 0 Å². The van der Waals surface area contributed by atoms with Crippen molar-refractivity contribution in [3.05, 3.63) is 0 Å². The molecule has 0 aromatic carbocycles. The maximum atomic E-state index is 9.67. The van der Waals surface area contributed by atoms with E-state index < -0.39 is 0 Å². The lowest BCUT2D eigenvalue weighted by Crippen LogP contribution is -2.43. The molecule has 1 aliphatic rings. The topological polar surface area (TPSA) is 44.3 Å². The van der Waals surface area contributed by atoms with Gasteiger partial charge in [0.1, 0.15) is 0 Å². The third kappa shape index (κ3) is 3.09. The highest BCUT2D eigenvalue weighted by molar-refractivity contribution is 4.78. The van der Waals surface area contributed by atoms with E-state index in [0.717, 1.165) is 13.0 Å². The molecule has 1 aliphatic heterocycles. The average Bonchev–Trinajstić information content (AvgIpc) is 2.32. The lowest BCUT2D eigenvalue weighted by molar-refractivity contribution is 0.125. The maximum absolute atomic E-state index is 9.67. The average molecular weight is 172 g/mol. The van der Waals surface area contributed by atoms with Crippen LogP contribution in [-0.2, 0) is 0 Å². The van der Waals surface area contributed by atoms with Gasteiger partial charge in [-0.25, -0.2) is 0 Å². The lowest BCUT2D eigenvalue weighted by atomic mass is 10.1. The fraction of sp³-hybridized carbons (Fsp3) is 1.00. The second kappa shape index (κ2) is 5.51. The minimum atomic E-state index is -0.229. The molecule has 3 heteroatoms. The lowest BCUT2D eigenvalue weighted by Gasteiger charge is -2.21. The number of likely N-dealkylation sites (N-methyl/N-ethyl adjacent to an activating group) is 1. The second-order valence-corrected chi connectivity index (χ2v) is 3.53. The van der Waals surface area contributed by atoms with Crippen molar-refractivity contribution in [2.75, 3.05) is 20.1 Å². The number of rotatable bonds is 3. The molecule has 0 amide bonds. The molecule has 2 unspecified atom stereocenters. The summed E-state index contributed by atoms with van der Waals surface area (Å²) >= 11 is 0. The van der Waals surface area contributed by atoms with Gasteiger partial charge in [-0.1, -0.05) is 12.8 Å². The Morgan fingerprint density at radius 1 is 1.50 bits per heavy atom. The molecule has 1 heterocycles. The van der Waals surface area contributed by atoms with Crippen molar-refractivity contribution < 1.29 is 5.11 Å². The fourth-order valence-electron chi connectivity index (χ4n) is 1.74. The monoisotopic (exact) mass is 172 g/mol. The number of aliphatic hydroxyl groups is 1. The Kier molecular flexibility index (Phi) is 4.58. The molecule has 3 nitrogen and oxygen atoms in total. The Hall–Kier alpha value is -0.120. The zero-order chi connectivity index (χ0) is 8.81. The molecule has 0 aromatic rings. The first-order chi connectivity index (χ1) is 5.84. The summed E-state index contributed by atoms with van der Waals surface area (Å²) in [6, 6.07) is 0.306. The molecule has 1 saturated heterocycles. The molecular weight excluding hydrogens is 152 g/mol. The van der Waals surface area contributed by atoms with Gasteiger partial charge in [-0.05, 0) is 26.4 Å². The minimum Gasteiger partial charge on any atom is -0.390 e. The van der Waals surface area contributed by atoms with E-state index in [-0.39, 0.29) is 6.10 Å². The Morgan fingerprint density at radius 2 is 2.33 bits per heavy atom. The number of hydrogen-bond donors (Lipinski definition) is 3. The Labute approximate surface area is 74.5 Å². The highest BCUT2D eigenvalue weighted by Gasteiger charge is 2.18. The van der Waals surface area contributed by atoms with Crippen LogP contribution in [0.25, 0.3) is 0 Å². The van der Waals surface area contributed by atoms with Gasteiger partial charge in [0.05, 0.1) is 6.10 Å². The minimum absolute atomic E-state index is 0.229. The van der Waals surface area contributed by atoms with Crippen LogP contribution in [0.2, 0.25) is 0 Å². The van der Waals surface area contributed by atoms with Crippen LogP contribution in [-0.4, -0.2) is 37.4 Å². The first kappa shape index (κ1) is 9.96. The Balaban J connectivity index is 2.27. The predicted octanol–water partition coefficient (Wildman–Crippen LogP) is 0.0989. The standard InChI is InChI=1S/C9H20N2O/c1-10-7-9(12)8-5-3-2-4-6-11-8/h8-12H,2-7H2,1H3. The van der Waals surface area contributed by atoms with Crippen molar-refractivity contribution in [2.45, 2.75) is 37.8 Å². The fourth-order valence-corrected chi connectivity index (χ4v) is 1.74. The zero-order valence-electron chi connectivity index (χ0n) is 7.84. The maximum Gasteiger partial charge on any atom is 0.0817 e. The normalized spacial score (nSPS) is 28.0. The van der Waals surface area contributed by atoms with Crippen LogP contribution in [0.1, 0.15) is 25.7 Å². The Morgan fingerprint density at radius 3 is 3.08 bits per heavy atom. The molecule has 0 saturated carbocycles. The summed E-state index contributed by atoms with van der Waals surface area (Å²) in [5, 5.41) is 16.0. The summed E-state index contributed by atoms with van der Waals surface area (Å²) in [6.45, 7) is 1.75. The third-order valence-corrected chi connectivity index (χ3v) is 2.48. The molecule has 3 N–H and O–H groups in total. The van der Waals surface area contributed by atoms with Crippen LogP contribution in [0.5, 0.6) is 0 Å². The van der Waals surface area contributed by atoms with Gasteiger partial charge < -0.3 is 15.7 Å². The highest BCUT2D eigenvalue weighted by atomic mass is 16.3. The van der Waals surface area contributed by atoms with E-state index >= 15 is 0 Å². The van der Waals surface area contributed by atoms with Crippen molar-refractivity contribution >= 4 is 0 Å². The van der Waals surface area contributed by atoms with Gasteiger partial charge >= 0.3 is 0 Å². The van der Waals surface area contributed by atoms with E-state index in [0.29, 0.717) is 12.6 Å². The molecule has 0 aliphatic carbocycles. The summed E-state index contributed by atoms with van der Waals surface area (Å²) in [6.07, 6.45) is 4.69. The smallest absolute Gasteiger partial charge is 0.0817 e. The van der Waals surface area contributed by atoms with Gasteiger partial charge in [0, 0.05) is 12.6 Å². The zero-order valence-corrected chi connectivity index (χ0v) is 7.84. The Bertz CT molecular complexity index is 111. The number of nitrogens with one attached hydrogen (secondary N) is 2. The van der Waals surface area contributed by atoms with Crippen LogP contribution < -0.4 is 10.6 Å². The third-order valence-electron chi connectivity index (χ3n) is 2.48. The largest absolute Gasteiger partial charge is 0.390 e. The van der Waals surface area contributed by atoms with Gasteiger partial charge in [0.2, 0.25) is 0 Å². The molecular formula is C9H20N2O. The quantitative estimate of drug-likeness (QED) is 0.565. The molecule has 0 spiro atoms. The van der Waals surface area contributed by atoms with Crippen LogP contribution in [0.4, 0.5) is 0 Å². The summed E-state index contributed by atoms with van der Waals surface area (Å²) < 4.78 is 0. The van der Waals surface area contributed by atoms with Crippen molar-refractivity contribution in [2.24, 2.45) is 0 Å². The van der Waals surface area contributed by atoms with Crippen LogP contribution in [0.3, 0.4) is 0 Å². The summed E-state index contributed by atoms with van der Waals surface area (Å²) in [7, 11) is 1.87. The predicted molar refractivity (Wildman–Crippen MR) is 50.2 cm³/mol. The van der Waals surface area contributed by atoms with Crippen molar-refractivity contribution in [1.29, 1.82) is 0 Å². The van der Waals surface area contributed by atoms with E-state index in [1.807, 2.05) is 7.05 Å². The molecule has 2 atom stereocenters. The first-order valence-electron chi connectivity index (χ1n) is 4.90. The van der Waals surface area contributed by atoms with E-state index in [2.05, 4.69) is 10.6 Å². The molecule has 1 fully saturated rings. The van der Waals surface area contributed by atoms with Crippen molar-refractivity contribution in [3.63, 3.8) is 0 Å². The van der Waals surface area contributed by atoms with E-state index in [9.17, 15) is 5.11 Å². The van der Waals surface area contributed by atoms with Crippen LogP contribution >= 0.6 is 0 Å². The van der Waals surface area contributed by atoms with E-state index in [4.69, 9.17) is 0 Å². The molecule has 72 valence electrons. The summed E-state index contributed by atoms with van der Waals surface area (Å²) in [5.41, 5.74) is 0. The number of aliphatic hydroxyl groups excluding tert-OH is 1. The highest BCUT2D eigenvalue weighted by Crippen LogP contribution is 2.10. The summed E-state index contributed by atoms with van der Waals surface area (Å²) in [5.74, 6) is 0. The molecule has 0 radical (unpaired) electrons. The molecule has 1 rings (SSSR count). The first-order valence-corrected chi connectivity index (χ1v) is 4.90. The molecule has 12 heavy (non-hydrogen) atoms. The van der Waals surface area contributed by atoms with Crippen molar-refractivity contribution in [3.8, 4) is 0 Å². The van der Waals surface area contributed by atoms with E-state index in [1.165, 1.54) is 19.3 Å². The van der Waals surface area contributed by atoms with Gasteiger partial charge in [-0.2, -0.15) is 0 Å². The second-order valence-electron chi connectivity index (χ2n) is 3.53. The molecule has 0 bridgehead atoms. The van der Waals surface area contributed by atoms with Crippen molar-refractivity contribution in [1.82, 2.24) is 10.6 Å². The van der Waals surface area contributed by atoms with Gasteiger partial charge in [-0.3, -0.25) is 0 Å². The SMILES string of the molecule is CNCC(O)C1CCCCCN1.